The monoisotopic (exact) mass is 357 g/mol. The van der Waals surface area contributed by atoms with Gasteiger partial charge in [0.15, 0.2) is 0 Å². The van der Waals surface area contributed by atoms with Gasteiger partial charge in [0, 0.05) is 16.5 Å². The number of hydrogen-bond donors (Lipinski definition) is 2. The van der Waals surface area contributed by atoms with Crippen molar-refractivity contribution in [2.24, 2.45) is 11.7 Å². The van der Waals surface area contributed by atoms with E-state index in [-0.39, 0.29) is 23.8 Å². The molecule has 0 saturated carbocycles. The number of alkyl halides is 2. The molecule has 1 saturated heterocycles. The fourth-order valence-electron chi connectivity index (χ4n) is 2.70. The summed E-state index contributed by atoms with van der Waals surface area (Å²) in [6.45, 7) is 3.10. The first kappa shape index (κ1) is 18.7. The molecule has 0 bridgehead atoms. The van der Waals surface area contributed by atoms with Crippen molar-refractivity contribution in [3.63, 3.8) is 0 Å². The number of nitrogens with one attached hydrogen (secondary N) is 1. The van der Waals surface area contributed by atoms with Crippen LogP contribution in [0.25, 0.3) is 0 Å². The van der Waals surface area contributed by atoms with E-state index in [9.17, 15) is 18.4 Å². The second-order valence-corrected chi connectivity index (χ2v) is 6.84. The average Bonchev–Trinajstić information content (AvgIpc) is 2.55. The van der Waals surface area contributed by atoms with Gasteiger partial charge in [0.2, 0.25) is 11.8 Å². The average molecular weight is 357 g/mol. The zero-order valence-corrected chi connectivity index (χ0v) is 14.2. The molecule has 1 aliphatic rings. The maximum absolute atomic E-state index is 12.3. The topological polar surface area (TPSA) is 75.4 Å². The summed E-state index contributed by atoms with van der Waals surface area (Å²) in [5.41, 5.74) is 5.87. The summed E-state index contributed by atoms with van der Waals surface area (Å²) in [5, 5.41) is 2.78. The summed E-state index contributed by atoms with van der Waals surface area (Å²) >= 11 is 0.465. The number of nitrogens with zero attached hydrogens (tertiary/aromatic N) is 1. The van der Waals surface area contributed by atoms with Crippen LogP contribution in [0.3, 0.4) is 0 Å². The zero-order valence-electron chi connectivity index (χ0n) is 13.4. The molecule has 24 heavy (non-hydrogen) atoms. The number of likely N-dealkylation sites (tertiary alicyclic amines) is 1. The molecule has 2 amide bonds. The molecule has 0 spiro atoms. The van der Waals surface area contributed by atoms with Crippen LogP contribution in [0, 0.1) is 5.92 Å². The number of benzene rings is 1. The lowest BCUT2D eigenvalue weighted by molar-refractivity contribution is -0.124. The number of amides is 2. The van der Waals surface area contributed by atoms with Gasteiger partial charge in [0.25, 0.3) is 5.76 Å². The predicted octanol–water partition coefficient (Wildman–Crippen LogP) is 2.53. The minimum atomic E-state index is -2.46. The largest absolute Gasteiger partial charge is 0.369 e. The van der Waals surface area contributed by atoms with E-state index in [1.54, 1.807) is 31.2 Å². The highest BCUT2D eigenvalue weighted by Crippen LogP contribution is 2.26. The summed E-state index contributed by atoms with van der Waals surface area (Å²) in [6, 6.07) is 5.97. The molecular formula is C16H21F2N3O2S. The molecule has 0 unspecified atom stereocenters. The standard InChI is InChI=1S/C16H21F2N3O2S/c1-10(21-8-6-11(7-9-21)14(19)22)15(23)20-12-2-4-13(5-3-12)24-16(17)18/h2-5,10-11,16H,6-9H2,1H3,(H2,19,22)(H,20,23)/t10-/m1/s1. The molecule has 3 N–H and O–H groups in total. The Balaban J connectivity index is 1.86. The molecule has 8 heteroatoms. The molecule has 0 radical (unpaired) electrons. The third-order valence-corrected chi connectivity index (χ3v) is 4.93. The third kappa shape index (κ3) is 5.17. The quantitative estimate of drug-likeness (QED) is 0.767. The van der Waals surface area contributed by atoms with Gasteiger partial charge in [0.1, 0.15) is 0 Å². The Hall–Kier alpha value is -1.67. The molecule has 1 aliphatic heterocycles. The normalized spacial score (nSPS) is 17.7. The molecule has 1 heterocycles. The number of halogens is 2. The van der Waals surface area contributed by atoms with Crippen LogP contribution in [-0.2, 0) is 9.59 Å². The van der Waals surface area contributed by atoms with Crippen molar-refractivity contribution in [3.05, 3.63) is 24.3 Å². The molecule has 1 aromatic rings. The van der Waals surface area contributed by atoms with Crippen molar-refractivity contribution >= 4 is 29.3 Å². The summed E-state index contributed by atoms with van der Waals surface area (Å²) in [7, 11) is 0. The van der Waals surface area contributed by atoms with E-state index in [1.807, 2.05) is 4.90 Å². The van der Waals surface area contributed by atoms with Gasteiger partial charge in [-0.25, -0.2) is 0 Å². The Morgan fingerprint density at radius 1 is 1.25 bits per heavy atom. The van der Waals surface area contributed by atoms with Crippen molar-refractivity contribution in [2.75, 3.05) is 18.4 Å². The van der Waals surface area contributed by atoms with Crippen molar-refractivity contribution < 1.29 is 18.4 Å². The lowest BCUT2D eigenvalue weighted by atomic mass is 9.95. The van der Waals surface area contributed by atoms with E-state index in [1.165, 1.54) is 0 Å². The number of thioether (sulfide) groups is 1. The van der Waals surface area contributed by atoms with Crippen LogP contribution in [0.5, 0.6) is 0 Å². The number of piperidine rings is 1. The highest BCUT2D eigenvalue weighted by molar-refractivity contribution is 7.99. The first-order valence-corrected chi connectivity index (χ1v) is 8.64. The molecule has 0 aliphatic carbocycles. The van der Waals surface area contributed by atoms with Crippen LogP contribution in [0.2, 0.25) is 0 Å². The zero-order chi connectivity index (χ0) is 17.7. The van der Waals surface area contributed by atoms with Gasteiger partial charge in [-0.05, 0) is 57.1 Å². The number of carbonyl (C=O) groups is 2. The van der Waals surface area contributed by atoms with Gasteiger partial charge in [-0.2, -0.15) is 8.78 Å². The van der Waals surface area contributed by atoms with Crippen LogP contribution in [0.4, 0.5) is 14.5 Å². The highest BCUT2D eigenvalue weighted by Gasteiger charge is 2.28. The van der Waals surface area contributed by atoms with Crippen LogP contribution < -0.4 is 11.1 Å². The highest BCUT2D eigenvalue weighted by atomic mass is 32.2. The lowest BCUT2D eigenvalue weighted by Crippen LogP contribution is -2.47. The number of anilines is 1. The fourth-order valence-corrected chi connectivity index (χ4v) is 3.20. The van der Waals surface area contributed by atoms with Crippen LogP contribution in [-0.4, -0.2) is 41.6 Å². The third-order valence-electron chi connectivity index (χ3n) is 4.21. The number of hydrogen-bond acceptors (Lipinski definition) is 4. The smallest absolute Gasteiger partial charge is 0.288 e. The molecule has 5 nitrogen and oxygen atoms in total. The van der Waals surface area contributed by atoms with E-state index in [2.05, 4.69) is 5.32 Å². The number of carbonyl (C=O) groups excluding carboxylic acids is 2. The van der Waals surface area contributed by atoms with Gasteiger partial charge < -0.3 is 11.1 Å². The minimum Gasteiger partial charge on any atom is -0.369 e. The lowest BCUT2D eigenvalue weighted by Gasteiger charge is -2.34. The first-order chi connectivity index (χ1) is 11.4. The number of nitrogens with two attached hydrogens (primary N) is 1. The van der Waals surface area contributed by atoms with Crippen LogP contribution >= 0.6 is 11.8 Å². The maximum Gasteiger partial charge on any atom is 0.288 e. The Labute approximate surface area is 144 Å². The van der Waals surface area contributed by atoms with Gasteiger partial charge in [0.05, 0.1) is 6.04 Å². The number of rotatable bonds is 6. The maximum atomic E-state index is 12.3. The van der Waals surface area contributed by atoms with Crippen LogP contribution in [0.1, 0.15) is 19.8 Å². The summed E-state index contributed by atoms with van der Waals surface area (Å²) in [5.74, 6) is -3.03. The van der Waals surface area contributed by atoms with E-state index in [4.69, 9.17) is 5.73 Å². The molecule has 2 rings (SSSR count). The van der Waals surface area contributed by atoms with Gasteiger partial charge in [-0.15, -0.1) is 0 Å². The molecule has 1 atom stereocenters. The molecule has 1 aromatic carbocycles. The fraction of sp³-hybridized carbons (Fsp3) is 0.500. The summed E-state index contributed by atoms with van der Waals surface area (Å²) in [4.78, 5) is 26.0. The van der Waals surface area contributed by atoms with Crippen molar-refractivity contribution in [2.45, 2.75) is 36.5 Å². The second-order valence-electron chi connectivity index (χ2n) is 5.78. The Morgan fingerprint density at radius 3 is 2.33 bits per heavy atom. The minimum absolute atomic E-state index is 0.114. The Morgan fingerprint density at radius 2 is 1.83 bits per heavy atom. The van der Waals surface area contributed by atoms with E-state index >= 15 is 0 Å². The first-order valence-electron chi connectivity index (χ1n) is 7.76. The molecular weight excluding hydrogens is 336 g/mol. The van der Waals surface area contributed by atoms with Gasteiger partial charge in [-0.3, -0.25) is 14.5 Å². The van der Waals surface area contributed by atoms with Crippen molar-refractivity contribution in [1.82, 2.24) is 4.90 Å². The predicted molar refractivity (Wildman–Crippen MR) is 89.9 cm³/mol. The van der Waals surface area contributed by atoms with Gasteiger partial charge in [-0.1, -0.05) is 11.8 Å². The second kappa shape index (κ2) is 8.43. The van der Waals surface area contributed by atoms with E-state index in [0.717, 1.165) is 0 Å². The molecule has 0 aromatic heterocycles. The summed E-state index contributed by atoms with van der Waals surface area (Å²) in [6.07, 6.45) is 1.32. The number of primary amides is 1. The summed E-state index contributed by atoms with van der Waals surface area (Å²) < 4.78 is 24.6. The van der Waals surface area contributed by atoms with Crippen LogP contribution in [0.15, 0.2) is 29.2 Å². The molecule has 1 fully saturated rings. The Kier molecular flexibility index (Phi) is 6.56. The SMILES string of the molecule is C[C@H](C(=O)Nc1ccc(SC(F)F)cc1)N1CCC(C(N)=O)CC1. The van der Waals surface area contributed by atoms with Crippen molar-refractivity contribution in [1.29, 1.82) is 0 Å². The van der Waals surface area contributed by atoms with Crippen molar-refractivity contribution in [3.8, 4) is 0 Å². The Bertz CT molecular complexity index is 575. The molecule has 132 valence electrons. The van der Waals surface area contributed by atoms with Gasteiger partial charge >= 0.3 is 0 Å². The van der Waals surface area contributed by atoms with E-state index < -0.39 is 5.76 Å². The van der Waals surface area contributed by atoms with E-state index in [0.29, 0.717) is 48.3 Å².